The van der Waals surface area contributed by atoms with Crippen molar-refractivity contribution < 1.29 is 30.7 Å². The van der Waals surface area contributed by atoms with Gasteiger partial charge in [-0.1, -0.05) is 0 Å². The number of ether oxygens (including phenoxy) is 1. The van der Waals surface area contributed by atoms with Gasteiger partial charge in [-0.15, -0.1) is 0 Å². The fourth-order valence-electron chi connectivity index (χ4n) is 2.74. The van der Waals surface area contributed by atoms with Crippen LogP contribution in [0.1, 0.15) is 18.6 Å². The molecule has 2 N–H and O–H groups in total. The smallest absolute Gasteiger partial charge is 0.469 e. The van der Waals surface area contributed by atoms with Gasteiger partial charge in [0.1, 0.15) is 5.76 Å². The fourth-order valence-corrected chi connectivity index (χ4v) is 3.72. The van der Waals surface area contributed by atoms with Gasteiger partial charge in [0.2, 0.25) is 0 Å². The maximum Gasteiger partial charge on any atom is 0.511 e. The maximum absolute atomic E-state index is 12.7. The number of hydrogen-bond acceptors (Lipinski definition) is 5. The van der Waals surface area contributed by atoms with E-state index in [0.29, 0.717) is 36.4 Å². The van der Waals surface area contributed by atoms with E-state index < -0.39 is 15.5 Å². The average Bonchev–Trinajstić information content (AvgIpc) is 3.15. The Kier molecular flexibility index (Phi) is 8.13. The van der Waals surface area contributed by atoms with Gasteiger partial charge in [-0.05, 0) is 25.0 Å². The Morgan fingerprint density at radius 3 is 2.68 bits per heavy atom. The molecule has 0 spiro atoms. The molecule has 0 amide bonds. The number of halogens is 3. The second-order valence-corrected chi connectivity index (χ2v) is 8.18. The number of sulfonamides is 1. The Morgan fingerprint density at radius 1 is 1.39 bits per heavy atom. The first kappa shape index (κ1) is 22.5. The second kappa shape index (κ2) is 10.1. The van der Waals surface area contributed by atoms with E-state index in [1.165, 1.54) is 0 Å². The monoisotopic (exact) mass is 426 g/mol. The predicted molar refractivity (Wildman–Crippen MR) is 97.3 cm³/mol. The fraction of sp³-hybridized carbons (Fsp3) is 0.688. The molecule has 0 atom stereocenters. The largest absolute Gasteiger partial charge is 0.511 e. The molecule has 1 saturated heterocycles. The second-order valence-electron chi connectivity index (χ2n) is 6.25. The number of nitrogens with one attached hydrogen (secondary N) is 2. The standard InChI is InChI=1S/C16H25F3N4O4S/c1-26-12-8-21-15(20-7-4-14-3-2-11-27-14)22-13-5-9-23(10-6-13)28(24,25)16(17,18)19/h2-3,11,13H,4-10,12H2,1H3,(H2,20,21,22). The van der Waals surface area contributed by atoms with Crippen LogP contribution in [0.5, 0.6) is 0 Å². The van der Waals surface area contributed by atoms with Crippen LogP contribution >= 0.6 is 0 Å². The summed E-state index contributed by atoms with van der Waals surface area (Å²) >= 11 is 0. The number of hydrogen-bond donors (Lipinski definition) is 2. The molecular formula is C16H25F3N4O4S. The van der Waals surface area contributed by atoms with Crippen LogP contribution in [-0.2, 0) is 21.2 Å². The van der Waals surface area contributed by atoms with Crippen molar-refractivity contribution in [1.82, 2.24) is 14.9 Å². The van der Waals surface area contributed by atoms with E-state index in [2.05, 4.69) is 15.6 Å². The molecule has 0 aliphatic carbocycles. The highest BCUT2D eigenvalue weighted by Crippen LogP contribution is 2.28. The zero-order chi connectivity index (χ0) is 20.6. The maximum atomic E-state index is 12.7. The molecule has 1 aromatic rings. The molecule has 28 heavy (non-hydrogen) atoms. The zero-order valence-electron chi connectivity index (χ0n) is 15.5. The minimum Gasteiger partial charge on any atom is -0.469 e. The van der Waals surface area contributed by atoms with Gasteiger partial charge in [0.25, 0.3) is 0 Å². The van der Waals surface area contributed by atoms with Crippen LogP contribution in [0.3, 0.4) is 0 Å². The highest BCUT2D eigenvalue weighted by molar-refractivity contribution is 7.90. The topological polar surface area (TPSA) is 96.2 Å². The molecule has 1 fully saturated rings. The van der Waals surface area contributed by atoms with E-state index in [1.807, 2.05) is 6.07 Å². The Bertz CT molecular complexity index is 715. The minimum absolute atomic E-state index is 0.183. The molecule has 160 valence electrons. The third-order valence-electron chi connectivity index (χ3n) is 4.24. The molecule has 2 heterocycles. The van der Waals surface area contributed by atoms with Crippen LogP contribution in [0.2, 0.25) is 0 Å². The van der Waals surface area contributed by atoms with Crippen molar-refractivity contribution in [2.75, 3.05) is 39.9 Å². The van der Waals surface area contributed by atoms with Gasteiger partial charge in [-0.2, -0.15) is 17.5 Å². The summed E-state index contributed by atoms with van der Waals surface area (Å²) in [6.07, 6.45) is 2.72. The van der Waals surface area contributed by atoms with Gasteiger partial charge in [0.15, 0.2) is 5.96 Å². The van der Waals surface area contributed by atoms with Crippen molar-refractivity contribution >= 4 is 16.0 Å². The van der Waals surface area contributed by atoms with Crippen molar-refractivity contribution in [3.05, 3.63) is 24.2 Å². The molecule has 1 aliphatic rings. The molecule has 0 unspecified atom stereocenters. The van der Waals surface area contributed by atoms with E-state index >= 15 is 0 Å². The third-order valence-corrected chi connectivity index (χ3v) is 5.87. The lowest BCUT2D eigenvalue weighted by Gasteiger charge is -2.32. The molecule has 0 aromatic carbocycles. The molecule has 0 bridgehead atoms. The van der Waals surface area contributed by atoms with Crippen LogP contribution in [0.15, 0.2) is 27.8 Å². The van der Waals surface area contributed by atoms with Crippen LogP contribution in [-0.4, -0.2) is 70.1 Å². The van der Waals surface area contributed by atoms with Crippen LogP contribution < -0.4 is 10.6 Å². The molecule has 8 nitrogen and oxygen atoms in total. The quantitative estimate of drug-likeness (QED) is 0.370. The average molecular weight is 426 g/mol. The number of nitrogens with zero attached hydrogens (tertiary/aromatic N) is 2. The molecule has 2 rings (SSSR count). The van der Waals surface area contributed by atoms with Crippen molar-refractivity contribution in [3.63, 3.8) is 0 Å². The summed E-state index contributed by atoms with van der Waals surface area (Å²) in [5.74, 6) is 1.31. The third kappa shape index (κ3) is 6.38. The number of aliphatic imine (C=N–C) groups is 1. The van der Waals surface area contributed by atoms with Gasteiger partial charge in [0.05, 0.1) is 19.4 Å². The number of piperidine rings is 1. The highest BCUT2D eigenvalue weighted by Gasteiger charge is 2.50. The molecule has 0 saturated carbocycles. The molecular weight excluding hydrogens is 401 g/mol. The van der Waals surface area contributed by atoms with Gasteiger partial charge < -0.3 is 19.8 Å². The van der Waals surface area contributed by atoms with Crippen molar-refractivity contribution in [2.45, 2.75) is 30.8 Å². The van der Waals surface area contributed by atoms with Gasteiger partial charge in [-0.3, -0.25) is 4.99 Å². The summed E-state index contributed by atoms with van der Waals surface area (Å²) in [7, 11) is -3.72. The number of alkyl halides is 3. The van der Waals surface area contributed by atoms with E-state index in [4.69, 9.17) is 9.15 Å². The van der Waals surface area contributed by atoms with Crippen molar-refractivity contribution in [2.24, 2.45) is 4.99 Å². The van der Waals surface area contributed by atoms with Crippen LogP contribution in [0.25, 0.3) is 0 Å². The highest BCUT2D eigenvalue weighted by atomic mass is 32.2. The van der Waals surface area contributed by atoms with Crippen LogP contribution in [0, 0.1) is 0 Å². The number of methoxy groups -OCH3 is 1. The summed E-state index contributed by atoms with van der Waals surface area (Å²) in [5.41, 5.74) is -5.27. The summed E-state index contributed by atoms with van der Waals surface area (Å²) in [5, 5.41) is 6.30. The Hall–Kier alpha value is -1.79. The Balaban J connectivity index is 1.87. The van der Waals surface area contributed by atoms with Gasteiger partial charge in [-0.25, -0.2) is 8.42 Å². The molecule has 1 aliphatic heterocycles. The Morgan fingerprint density at radius 2 is 2.11 bits per heavy atom. The predicted octanol–water partition coefficient (Wildman–Crippen LogP) is 1.32. The normalized spacial score (nSPS) is 17.6. The lowest BCUT2D eigenvalue weighted by atomic mass is 10.1. The summed E-state index contributed by atoms with van der Waals surface area (Å²) in [4.78, 5) is 4.36. The SMILES string of the molecule is COCCN=C(NCCc1ccco1)NC1CCN(S(=O)(=O)C(F)(F)F)CC1. The first-order valence-corrected chi connectivity index (χ1v) is 10.3. The first-order chi connectivity index (χ1) is 13.2. The molecule has 0 radical (unpaired) electrons. The van der Waals surface area contributed by atoms with Crippen molar-refractivity contribution in [1.29, 1.82) is 0 Å². The van der Waals surface area contributed by atoms with E-state index in [0.717, 1.165) is 5.76 Å². The van der Waals surface area contributed by atoms with E-state index in [9.17, 15) is 21.6 Å². The summed E-state index contributed by atoms with van der Waals surface area (Å²) < 4.78 is 71.7. The van der Waals surface area contributed by atoms with Crippen molar-refractivity contribution in [3.8, 4) is 0 Å². The van der Waals surface area contributed by atoms with E-state index in [-0.39, 0.29) is 32.0 Å². The first-order valence-electron chi connectivity index (χ1n) is 8.86. The summed E-state index contributed by atoms with van der Waals surface area (Å²) in [6, 6.07) is 3.47. The molecule has 1 aromatic heterocycles. The van der Waals surface area contributed by atoms with Gasteiger partial charge >= 0.3 is 15.5 Å². The zero-order valence-corrected chi connectivity index (χ0v) is 16.4. The molecule has 12 heteroatoms. The summed E-state index contributed by atoms with van der Waals surface area (Å²) in [6.45, 7) is 0.989. The minimum atomic E-state index is -5.28. The number of guanidine groups is 1. The van der Waals surface area contributed by atoms with E-state index in [1.54, 1.807) is 19.4 Å². The lowest BCUT2D eigenvalue weighted by Crippen LogP contribution is -2.52. The van der Waals surface area contributed by atoms with Gasteiger partial charge in [0, 0.05) is 39.2 Å². The lowest BCUT2D eigenvalue weighted by molar-refractivity contribution is -0.0494. The number of furan rings is 1. The number of rotatable bonds is 8. The Labute approximate surface area is 162 Å². The van der Waals surface area contributed by atoms with Crippen LogP contribution in [0.4, 0.5) is 13.2 Å².